The predicted octanol–water partition coefficient (Wildman–Crippen LogP) is 3.54. The van der Waals surface area contributed by atoms with Crippen LogP contribution < -0.4 is 10.1 Å². The van der Waals surface area contributed by atoms with E-state index < -0.39 is 0 Å². The molecule has 0 aliphatic carbocycles. The SMILES string of the molecule is COc1ccc(-c2noc(CNC(=O)c3ccc(Cn4nc(C)cc4C)cc3)n2)cc1. The fourth-order valence-electron chi connectivity index (χ4n) is 3.21. The molecule has 1 N–H and O–H groups in total. The summed E-state index contributed by atoms with van der Waals surface area (Å²) in [6, 6.07) is 16.8. The number of carbonyl (C=O) groups excluding carboxylic acids is 1. The first-order valence-electron chi connectivity index (χ1n) is 9.87. The molecule has 0 aliphatic rings. The molecule has 0 bridgehead atoms. The molecule has 8 nitrogen and oxygen atoms in total. The molecule has 0 fully saturated rings. The summed E-state index contributed by atoms with van der Waals surface area (Å²) in [5.74, 6) is 1.34. The van der Waals surface area contributed by atoms with Crippen LogP contribution in [0.4, 0.5) is 0 Å². The number of aryl methyl sites for hydroxylation is 2. The van der Waals surface area contributed by atoms with Gasteiger partial charge in [-0.3, -0.25) is 9.48 Å². The number of carbonyl (C=O) groups is 1. The van der Waals surface area contributed by atoms with Gasteiger partial charge in [0.25, 0.3) is 5.91 Å². The van der Waals surface area contributed by atoms with E-state index in [-0.39, 0.29) is 12.5 Å². The van der Waals surface area contributed by atoms with Gasteiger partial charge >= 0.3 is 0 Å². The van der Waals surface area contributed by atoms with E-state index >= 15 is 0 Å². The Bertz CT molecular complexity index is 1180. The van der Waals surface area contributed by atoms with Gasteiger partial charge in [-0.05, 0) is 61.9 Å². The number of methoxy groups -OCH3 is 1. The number of aromatic nitrogens is 4. The Hall–Kier alpha value is -3.94. The highest BCUT2D eigenvalue weighted by atomic mass is 16.5. The van der Waals surface area contributed by atoms with Gasteiger partial charge in [0.2, 0.25) is 11.7 Å². The van der Waals surface area contributed by atoms with Gasteiger partial charge in [-0.1, -0.05) is 17.3 Å². The summed E-state index contributed by atoms with van der Waals surface area (Å²) in [5, 5.41) is 11.2. The van der Waals surface area contributed by atoms with E-state index in [1.807, 2.05) is 61.0 Å². The third-order valence-corrected chi connectivity index (χ3v) is 4.87. The van der Waals surface area contributed by atoms with Crippen molar-refractivity contribution in [2.75, 3.05) is 7.11 Å². The molecule has 2 aromatic carbocycles. The normalized spacial score (nSPS) is 10.8. The lowest BCUT2D eigenvalue weighted by Gasteiger charge is -2.06. The molecule has 31 heavy (non-hydrogen) atoms. The van der Waals surface area contributed by atoms with Crippen LogP contribution in [0.5, 0.6) is 5.75 Å². The van der Waals surface area contributed by atoms with Gasteiger partial charge in [0.15, 0.2) is 0 Å². The summed E-state index contributed by atoms with van der Waals surface area (Å²) in [4.78, 5) is 16.8. The summed E-state index contributed by atoms with van der Waals surface area (Å²) in [5.41, 5.74) is 4.54. The fourth-order valence-corrected chi connectivity index (χ4v) is 3.21. The number of hydrogen-bond acceptors (Lipinski definition) is 6. The second-order valence-corrected chi connectivity index (χ2v) is 7.20. The van der Waals surface area contributed by atoms with E-state index in [9.17, 15) is 4.79 Å². The molecule has 4 rings (SSSR count). The third kappa shape index (κ3) is 4.80. The lowest BCUT2D eigenvalue weighted by molar-refractivity contribution is 0.0946. The second-order valence-electron chi connectivity index (χ2n) is 7.20. The van der Waals surface area contributed by atoms with E-state index in [4.69, 9.17) is 9.26 Å². The number of hydrogen-bond donors (Lipinski definition) is 1. The van der Waals surface area contributed by atoms with Crippen molar-refractivity contribution in [1.82, 2.24) is 25.2 Å². The first-order chi connectivity index (χ1) is 15.0. The van der Waals surface area contributed by atoms with Crippen LogP contribution in [0.2, 0.25) is 0 Å². The average molecular weight is 417 g/mol. The lowest BCUT2D eigenvalue weighted by Crippen LogP contribution is -2.23. The molecule has 0 saturated heterocycles. The van der Waals surface area contributed by atoms with E-state index in [2.05, 4.69) is 20.6 Å². The Morgan fingerprint density at radius 1 is 1.10 bits per heavy atom. The number of benzene rings is 2. The molecule has 0 saturated carbocycles. The molecule has 8 heteroatoms. The van der Waals surface area contributed by atoms with Gasteiger partial charge < -0.3 is 14.6 Å². The quantitative estimate of drug-likeness (QED) is 0.494. The number of ether oxygens (including phenoxy) is 1. The van der Waals surface area contributed by atoms with Crippen molar-refractivity contribution in [3.05, 3.63) is 83.0 Å². The Morgan fingerprint density at radius 2 is 1.84 bits per heavy atom. The number of nitrogens with one attached hydrogen (secondary N) is 1. The summed E-state index contributed by atoms with van der Waals surface area (Å²) >= 11 is 0. The molecule has 4 aromatic rings. The summed E-state index contributed by atoms with van der Waals surface area (Å²) in [6.07, 6.45) is 0. The standard InChI is InChI=1S/C23H23N5O3/c1-15-12-16(2)28(26-15)14-17-4-6-19(7-5-17)23(29)24-13-21-25-22(27-31-21)18-8-10-20(30-3)11-9-18/h4-12H,13-14H2,1-3H3,(H,24,29). The monoisotopic (exact) mass is 417 g/mol. The smallest absolute Gasteiger partial charge is 0.251 e. The van der Waals surface area contributed by atoms with Crippen molar-refractivity contribution in [2.24, 2.45) is 0 Å². The van der Waals surface area contributed by atoms with Crippen LogP contribution in [0.15, 0.2) is 59.1 Å². The minimum Gasteiger partial charge on any atom is -0.497 e. The Morgan fingerprint density at radius 3 is 2.48 bits per heavy atom. The van der Waals surface area contributed by atoms with Crippen molar-refractivity contribution in [3.8, 4) is 17.1 Å². The van der Waals surface area contributed by atoms with Crippen LogP contribution in [0.25, 0.3) is 11.4 Å². The van der Waals surface area contributed by atoms with Crippen LogP contribution in [0.3, 0.4) is 0 Å². The van der Waals surface area contributed by atoms with Crippen molar-refractivity contribution in [1.29, 1.82) is 0 Å². The van der Waals surface area contributed by atoms with E-state index in [1.54, 1.807) is 19.2 Å². The minimum atomic E-state index is -0.207. The molecular formula is C23H23N5O3. The Labute approximate surface area is 179 Å². The zero-order valence-corrected chi connectivity index (χ0v) is 17.6. The van der Waals surface area contributed by atoms with E-state index in [0.717, 1.165) is 28.3 Å². The van der Waals surface area contributed by atoms with Crippen LogP contribution in [-0.2, 0) is 13.1 Å². The topological polar surface area (TPSA) is 95.1 Å². The maximum atomic E-state index is 12.5. The molecule has 0 unspecified atom stereocenters. The van der Waals surface area contributed by atoms with Gasteiger partial charge in [-0.2, -0.15) is 10.1 Å². The average Bonchev–Trinajstić information content (AvgIpc) is 3.38. The van der Waals surface area contributed by atoms with Gasteiger partial charge in [0.05, 0.1) is 25.9 Å². The largest absolute Gasteiger partial charge is 0.497 e. The van der Waals surface area contributed by atoms with Crippen LogP contribution in [-0.4, -0.2) is 32.9 Å². The number of rotatable bonds is 7. The highest BCUT2D eigenvalue weighted by Gasteiger charge is 2.11. The van der Waals surface area contributed by atoms with Crippen LogP contribution >= 0.6 is 0 Å². The Balaban J connectivity index is 1.34. The van der Waals surface area contributed by atoms with Crippen molar-refractivity contribution in [2.45, 2.75) is 26.9 Å². The minimum absolute atomic E-state index is 0.148. The molecule has 0 radical (unpaired) electrons. The van der Waals surface area contributed by atoms with Gasteiger partial charge in [0.1, 0.15) is 5.75 Å². The highest BCUT2D eigenvalue weighted by Crippen LogP contribution is 2.19. The predicted molar refractivity (Wildman–Crippen MR) is 115 cm³/mol. The second kappa shape index (κ2) is 8.83. The number of nitrogens with zero attached hydrogens (tertiary/aromatic N) is 4. The highest BCUT2D eigenvalue weighted by molar-refractivity contribution is 5.94. The Kier molecular flexibility index (Phi) is 5.79. The molecule has 0 aliphatic heterocycles. The zero-order valence-electron chi connectivity index (χ0n) is 17.6. The number of amides is 1. The molecule has 2 heterocycles. The summed E-state index contributed by atoms with van der Waals surface area (Å²) in [6.45, 7) is 4.81. The molecule has 0 spiro atoms. The van der Waals surface area contributed by atoms with Gasteiger partial charge in [-0.15, -0.1) is 0 Å². The van der Waals surface area contributed by atoms with Gasteiger partial charge in [0, 0.05) is 16.8 Å². The van der Waals surface area contributed by atoms with E-state index in [0.29, 0.717) is 23.8 Å². The molecule has 0 atom stereocenters. The summed E-state index contributed by atoms with van der Waals surface area (Å²) in [7, 11) is 1.61. The first kappa shape index (κ1) is 20.3. The molecule has 2 aromatic heterocycles. The first-order valence-corrected chi connectivity index (χ1v) is 9.87. The van der Waals surface area contributed by atoms with Crippen LogP contribution in [0.1, 0.15) is 33.2 Å². The lowest BCUT2D eigenvalue weighted by atomic mass is 10.1. The van der Waals surface area contributed by atoms with Crippen molar-refractivity contribution >= 4 is 5.91 Å². The molecular weight excluding hydrogens is 394 g/mol. The van der Waals surface area contributed by atoms with Crippen molar-refractivity contribution < 1.29 is 14.1 Å². The maximum absolute atomic E-state index is 12.5. The molecule has 158 valence electrons. The fraction of sp³-hybridized carbons (Fsp3) is 0.217. The van der Waals surface area contributed by atoms with Crippen molar-refractivity contribution in [3.63, 3.8) is 0 Å². The maximum Gasteiger partial charge on any atom is 0.251 e. The van der Waals surface area contributed by atoms with Crippen LogP contribution in [0, 0.1) is 13.8 Å². The van der Waals surface area contributed by atoms with E-state index in [1.165, 1.54) is 0 Å². The third-order valence-electron chi connectivity index (χ3n) is 4.87. The zero-order chi connectivity index (χ0) is 21.8. The summed E-state index contributed by atoms with van der Waals surface area (Å²) < 4.78 is 12.3. The molecule has 1 amide bonds. The van der Waals surface area contributed by atoms with Gasteiger partial charge in [-0.25, -0.2) is 0 Å².